The van der Waals surface area contributed by atoms with Gasteiger partial charge in [0.1, 0.15) is 0 Å². The number of aryl methyl sites for hydroxylation is 1. The van der Waals surface area contributed by atoms with Crippen molar-refractivity contribution in [3.63, 3.8) is 0 Å². The Kier molecular flexibility index (Phi) is 5.90. The molecule has 0 atom stereocenters. The molecule has 0 unspecified atom stereocenters. The zero-order valence-electron chi connectivity index (χ0n) is 16.6. The maximum absolute atomic E-state index is 12.9. The van der Waals surface area contributed by atoms with Crippen LogP contribution in [0.2, 0.25) is 0 Å². The van der Waals surface area contributed by atoms with E-state index in [0.29, 0.717) is 30.9 Å². The van der Waals surface area contributed by atoms with Gasteiger partial charge in [-0.3, -0.25) is 9.69 Å². The number of benzene rings is 1. The van der Waals surface area contributed by atoms with Crippen LogP contribution in [0.5, 0.6) is 0 Å². The van der Waals surface area contributed by atoms with E-state index in [-0.39, 0.29) is 10.8 Å². The van der Waals surface area contributed by atoms with Gasteiger partial charge >= 0.3 is 0 Å². The van der Waals surface area contributed by atoms with Crippen molar-refractivity contribution in [3.05, 3.63) is 23.8 Å². The van der Waals surface area contributed by atoms with Crippen molar-refractivity contribution in [1.29, 1.82) is 0 Å². The Balaban J connectivity index is 1.75. The first kappa shape index (κ1) is 20.3. The fourth-order valence-corrected chi connectivity index (χ4v) is 5.84. The number of hydrogen-bond acceptors (Lipinski definition) is 4. The molecular formula is C19H31N4O3S+. The Hall–Kier alpha value is -1.48. The summed E-state index contributed by atoms with van der Waals surface area (Å²) < 4.78 is 28.0. The molecule has 3 fully saturated rings. The van der Waals surface area contributed by atoms with Crippen LogP contribution < -0.4 is 5.32 Å². The van der Waals surface area contributed by atoms with Gasteiger partial charge in [-0.1, -0.05) is 19.9 Å². The summed E-state index contributed by atoms with van der Waals surface area (Å²) in [6.07, 6.45) is 0. The molecule has 0 radical (unpaired) electrons. The number of sulfonamides is 1. The number of hydrogen-bond donors (Lipinski definition) is 1. The summed E-state index contributed by atoms with van der Waals surface area (Å²) in [6, 6.07) is 5.13. The van der Waals surface area contributed by atoms with Crippen molar-refractivity contribution < 1.29 is 17.7 Å². The molecule has 0 aromatic heterocycles. The minimum atomic E-state index is -3.56. The molecule has 150 valence electrons. The normalized spacial score (nSPS) is 25.0. The Morgan fingerprint density at radius 1 is 1.15 bits per heavy atom. The van der Waals surface area contributed by atoms with E-state index in [9.17, 15) is 13.2 Å². The van der Waals surface area contributed by atoms with Crippen LogP contribution in [0.15, 0.2) is 23.1 Å². The number of nitrogens with one attached hydrogen (secondary N) is 1. The van der Waals surface area contributed by atoms with Gasteiger partial charge in [-0.2, -0.15) is 4.31 Å². The predicted molar refractivity (Wildman–Crippen MR) is 106 cm³/mol. The molecule has 4 rings (SSSR count). The van der Waals surface area contributed by atoms with E-state index >= 15 is 0 Å². The average molecular weight is 396 g/mol. The standard InChI is InChI=1S/C19H30N4O3S/c1-4-22(5-2)27(25,26)18-14-17(7-6-16(18)3)20-19(24)15-23-11-8-21(9-12-23)10-13-23/h6-7,14H,4-5,8-13,15H2,1-3H3/p+1. The lowest BCUT2D eigenvalue weighted by atomic mass is 10.1. The van der Waals surface area contributed by atoms with Gasteiger partial charge in [0.15, 0.2) is 6.54 Å². The molecule has 0 aliphatic carbocycles. The van der Waals surface area contributed by atoms with E-state index in [1.165, 1.54) is 4.31 Å². The van der Waals surface area contributed by atoms with Crippen LogP contribution >= 0.6 is 0 Å². The monoisotopic (exact) mass is 395 g/mol. The third-order valence-corrected chi connectivity index (χ3v) is 8.14. The number of carbonyl (C=O) groups is 1. The van der Waals surface area contributed by atoms with Gasteiger partial charge in [-0.25, -0.2) is 8.42 Å². The first-order valence-corrected chi connectivity index (χ1v) is 11.2. The molecule has 8 heteroatoms. The Bertz CT molecular complexity index is 783. The molecule has 1 aromatic carbocycles. The summed E-state index contributed by atoms with van der Waals surface area (Å²) in [7, 11) is -3.56. The lowest BCUT2D eigenvalue weighted by Crippen LogP contribution is -2.68. The molecule has 3 saturated heterocycles. The molecule has 27 heavy (non-hydrogen) atoms. The van der Waals surface area contributed by atoms with Crippen molar-refractivity contribution in [3.8, 4) is 0 Å². The number of nitrogens with zero attached hydrogens (tertiary/aromatic N) is 3. The van der Waals surface area contributed by atoms with Crippen molar-refractivity contribution in [2.24, 2.45) is 0 Å². The lowest BCUT2D eigenvalue weighted by Gasteiger charge is -2.50. The molecule has 1 aromatic rings. The molecule has 1 amide bonds. The van der Waals surface area contributed by atoms with E-state index in [1.807, 2.05) is 13.8 Å². The van der Waals surface area contributed by atoms with Gasteiger partial charge in [0, 0.05) is 38.4 Å². The summed E-state index contributed by atoms with van der Waals surface area (Å²) in [5.74, 6) is -0.0413. The minimum Gasteiger partial charge on any atom is -0.321 e. The Morgan fingerprint density at radius 2 is 1.74 bits per heavy atom. The zero-order chi connectivity index (χ0) is 19.7. The van der Waals surface area contributed by atoms with Crippen LogP contribution in [0.1, 0.15) is 19.4 Å². The number of fused-ring (bicyclic) bond motifs is 3. The third kappa shape index (κ3) is 4.18. The first-order chi connectivity index (χ1) is 12.8. The third-order valence-electron chi connectivity index (χ3n) is 5.95. The molecule has 3 aliphatic rings. The maximum atomic E-state index is 12.9. The highest BCUT2D eigenvalue weighted by Crippen LogP contribution is 2.24. The molecule has 2 bridgehead atoms. The SMILES string of the molecule is CCN(CC)S(=O)(=O)c1cc(NC(=O)C[N+]23CCN(CC2)CC3)ccc1C. The number of rotatable bonds is 7. The Morgan fingerprint density at radius 3 is 2.30 bits per heavy atom. The second-order valence-corrected chi connectivity index (χ2v) is 9.54. The van der Waals surface area contributed by atoms with Crippen LogP contribution in [-0.2, 0) is 14.8 Å². The number of anilines is 1. The Labute approximate surface area is 162 Å². The number of carbonyl (C=O) groups excluding carboxylic acids is 1. The second-order valence-electron chi connectivity index (χ2n) is 7.63. The quantitative estimate of drug-likeness (QED) is 0.702. The average Bonchev–Trinajstić information content (AvgIpc) is 2.65. The smallest absolute Gasteiger partial charge is 0.279 e. The number of piperazine rings is 3. The van der Waals surface area contributed by atoms with E-state index in [2.05, 4.69) is 10.2 Å². The molecular weight excluding hydrogens is 364 g/mol. The second kappa shape index (κ2) is 7.87. The van der Waals surface area contributed by atoms with Crippen molar-refractivity contribution in [1.82, 2.24) is 9.21 Å². The van der Waals surface area contributed by atoms with Gasteiger partial charge in [0.25, 0.3) is 5.91 Å². The van der Waals surface area contributed by atoms with Crippen molar-refractivity contribution in [2.45, 2.75) is 25.7 Å². The summed E-state index contributed by atoms with van der Waals surface area (Å²) in [4.78, 5) is 15.4. The van der Waals surface area contributed by atoms with E-state index < -0.39 is 10.0 Å². The molecule has 7 nitrogen and oxygen atoms in total. The fourth-order valence-electron chi connectivity index (χ4n) is 4.13. The predicted octanol–water partition coefficient (Wildman–Crippen LogP) is 1.11. The largest absolute Gasteiger partial charge is 0.321 e. The van der Waals surface area contributed by atoms with Crippen LogP contribution in [-0.4, -0.2) is 86.9 Å². The van der Waals surface area contributed by atoms with Crippen LogP contribution in [0.25, 0.3) is 0 Å². The number of quaternary nitrogens is 1. The highest BCUT2D eigenvalue weighted by Gasteiger charge is 2.39. The van der Waals surface area contributed by atoms with E-state index in [4.69, 9.17) is 0 Å². The fraction of sp³-hybridized carbons (Fsp3) is 0.632. The molecule has 0 spiro atoms. The molecule has 0 saturated carbocycles. The van der Waals surface area contributed by atoms with Gasteiger partial charge in [0.05, 0.1) is 24.5 Å². The maximum Gasteiger partial charge on any atom is 0.279 e. The molecule has 3 heterocycles. The summed E-state index contributed by atoms with van der Waals surface area (Å²) in [5, 5.41) is 2.93. The first-order valence-electron chi connectivity index (χ1n) is 9.78. The number of amides is 1. The summed E-state index contributed by atoms with van der Waals surface area (Å²) in [6.45, 7) is 13.0. The van der Waals surface area contributed by atoms with E-state index in [0.717, 1.165) is 43.8 Å². The van der Waals surface area contributed by atoms with Gasteiger partial charge in [0.2, 0.25) is 10.0 Å². The summed E-state index contributed by atoms with van der Waals surface area (Å²) in [5.41, 5.74) is 1.24. The van der Waals surface area contributed by atoms with Gasteiger partial charge in [-0.05, 0) is 24.6 Å². The van der Waals surface area contributed by atoms with Gasteiger partial charge in [-0.15, -0.1) is 0 Å². The van der Waals surface area contributed by atoms with Crippen LogP contribution in [0.4, 0.5) is 5.69 Å². The van der Waals surface area contributed by atoms with Crippen molar-refractivity contribution >= 4 is 21.6 Å². The topological polar surface area (TPSA) is 69.7 Å². The van der Waals surface area contributed by atoms with Gasteiger partial charge < -0.3 is 9.80 Å². The minimum absolute atomic E-state index is 0.0413. The van der Waals surface area contributed by atoms with Crippen molar-refractivity contribution in [2.75, 3.05) is 64.2 Å². The highest BCUT2D eigenvalue weighted by molar-refractivity contribution is 7.89. The lowest BCUT2D eigenvalue weighted by molar-refractivity contribution is -0.933. The molecule has 1 N–H and O–H groups in total. The van der Waals surface area contributed by atoms with Crippen LogP contribution in [0.3, 0.4) is 0 Å². The summed E-state index contributed by atoms with van der Waals surface area (Å²) >= 11 is 0. The van der Waals surface area contributed by atoms with E-state index in [1.54, 1.807) is 25.1 Å². The van der Waals surface area contributed by atoms with Crippen LogP contribution in [0, 0.1) is 6.92 Å². The molecule has 3 aliphatic heterocycles. The zero-order valence-corrected chi connectivity index (χ0v) is 17.4. The highest BCUT2D eigenvalue weighted by atomic mass is 32.2.